The van der Waals surface area contributed by atoms with Gasteiger partial charge in [-0.2, -0.15) is 5.10 Å². The minimum atomic E-state index is 0. The first-order chi connectivity index (χ1) is 11.8. The molecule has 1 N–H and O–H groups in total. The number of halogens is 1. The molecule has 4 rings (SSSR count). The molecule has 1 atom stereocenters. The monoisotopic (exact) mass is 362 g/mol. The summed E-state index contributed by atoms with van der Waals surface area (Å²) in [4.78, 5) is 2.39. The molecule has 5 nitrogen and oxygen atoms in total. The predicted molar refractivity (Wildman–Crippen MR) is 102 cm³/mol. The van der Waals surface area contributed by atoms with Gasteiger partial charge in [-0.15, -0.1) is 12.4 Å². The van der Waals surface area contributed by atoms with Gasteiger partial charge in [-0.3, -0.25) is 4.68 Å². The van der Waals surface area contributed by atoms with E-state index in [1.807, 2.05) is 17.9 Å². The number of nitrogens with zero attached hydrogens (tertiary/aromatic N) is 3. The summed E-state index contributed by atoms with van der Waals surface area (Å²) in [5, 5.41) is 8.15. The normalized spacial score (nSPS) is 20.0. The number of ether oxygens (including phenoxy) is 1. The van der Waals surface area contributed by atoms with Crippen molar-refractivity contribution in [1.82, 2.24) is 15.1 Å². The summed E-state index contributed by atoms with van der Waals surface area (Å²) in [5.74, 6) is 0. The van der Waals surface area contributed by atoms with Crippen LogP contribution in [0.3, 0.4) is 0 Å². The molecule has 1 aromatic heterocycles. The van der Waals surface area contributed by atoms with Crippen LogP contribution in [-0.2, 0) is 24.8 Å². The van der Waals surface area contributed by atoms with E-state index in [-0.39, 0.29) is 12.4 Å². The zero-order valence-corrected chi connectivity index (χ0v) is 15.6. The van der Waals surface area contributed by atoms with E-state index >= 15 is 0 Å². The molecular formula is C19H27ClN4O. The van der Waals surface area contributed by atoms with Crippen molar-refractivity contribution in [1.29, 1.82) is 0 Å². The van der Waals surface area contributed by atoms with E-state index in [4.69, 9.17) is 4.74 Å². The van der Waals surface area contributed by atoms with Crippen molar-refractivity contribution in [3.05, 3.63) is 47.3 Å². The Morgan fingerprint density at radius 1 is 1.20 bits per heavy atom. The Balaban J connectivity index is 0.00000182. The number of fused-ring (bicyclic) bond motifs is 1. The number of nitrogens with one attached hydrogen (secondary N) is 1. The van der Waals surface area contributed by atoms with Crippen LogP contribution in [-0.4, -0.2) is 36.1 Å². The van der Waals surface area contributed by atoms with Crippen LogP contribution in [0.15, 0.2) is 30.5 Å². The Morgan fingerprint density at radius 2 is 1.96 bits per heavy atom. The number of anilines is 1. The minimum Gasteiger partial charge on any atom is -0.378 e. The van der Waals surface area contributed by atoms with Crippen molar-refractivity contribution in [3.63, 3.8) is 0 Å². The Bertz CT molecular complexity index is 679. The summed E-state index contributed by atoms with van der Waals surface area (Å²) < 4.78 is 7.45. The maximum atomic E-state index is 5.42. The smallest absolute Gasteiger partial charge is 0.0642 e. The Kier molecular flexibility index (Phi) is 5.99. The van der Waals surface area contributed by atoms with Crippen molar-refractivity contribution < 1.29 is 4.74 Å². The molecule has 6 heteroatoms. The summed E-state index contributed by atoms with van der Waals surface area (Å²) in [7, 11) is 2.05. The molecule has 1 unspecified atom stereocenters. The third-order valence-corrected chi connectivity index (χ3v) is 5.24. The van der Waals surface area contributed by atoms with Gasteiger partial charge in [0.05, 0.1) is 19.4 Å². The fourth-order valence-electron chi connectivity index (χ4n) is 3.81. The average Bonchev–Trinajstić information content (AvgIpc) is 3.03. The highest BCUT2D eigenvalue weighted by atomic mass is 35.5. The molecule has 0 spiro atoms. The topological polar surface area (TPSA) is 42.3 Å². The molecule has 25 heavy (non-hydrogen) atoms. The lowest BCUT2D eigenvalue weighted by atomic mass is 9.93. The number of morpholine rings is 1. The zero-order chi connectivity index (χ0) is 16.4. The van der Waals surface area contributed by atoms with Gasteiger partial charge >= 0.3 is 0 Å². The maximum absolute atomic E-state index is 5.42. The van der Waals surface area contributed by atoms with Crippen molar-refractivity contribution in [2.45, 2.75) is 31.8 Å². The second kappa shape index (κ2) is 8.21. The van der Waals surface area contributed by atoms with Crippen LogP contribution < -0.4 is 10.2 Å². The molecule has 0 bridgehead atoms. The quantitative estimate of drug-likeness (QED) is 0.908. The molecule has 1 fully saturated rings. The van der Waals surface area contributed by atoms with Gasteiger partial charge in [0.25, 0.3) is 0 Å². The largest absolute Gasteiger partial charge is 0.378 e. The summed E-state index contributed by atoms with van der Waals surface area (Å²) >= 11 is 0. The molecule has 0 saturated carbocycles. The lowest BCUT2D eigenvalue weighted by Gasteiger charge is -2.29. The van der Waals surface area contributed by atoms with Crippen LogP contribution in [0.1, 0.15) is 35.7 Å². The highest BCUT2D eigenvalue weighted by Crippen LogP contribution is 2.29. The van der Waals surface area contributed by atoms with E-state index < -0.39 is 0 Å². The predicted octanol–water partition coefficient (Wildman–Crippen LogP) is 2.85. The second-order valence-electron chi connectivity index (χ2n) is 6.76. The standard InChI is InChI=1S/C19H26N4O.ClH/c1-22-19-4-2-3-18(17(19)14-21-22)20-13-15-5-7-16(8-6-15)23-9-11-24-12-10-23;/h5-8,14,18,20H,2-4,9-13H2,1H3;1H. The number of hydrogen-bond donors (Lipinski definition) is 1. The highest BCUT2D eigenvalue weighted by Gasteiger charge is 2.22. The molecule has 1 saturated heterocycles. The summed E-state index contributed by atoms with van der Waals surface area (Å²) in [6, 6.07) is 9.38. The van der Waals surface area contributed by atoms with E-state index in [9.17, 15) is 0 Å². The van der Waals surface area contributed by atoms with Gasteiger partial charge in [0.15, 0.2) is 0 Å². The molecule has 2 heterocycles. The first kappa shape index (κ1) is 18.2. The van der Waals surface area contributed by atoms with Crippen LogP contribution in [0.25, 0.3) is 0 Å². The lowest BCUT2D eigenvalue weighted by molar-refractivity contribution is 0.122. The maximum Gasteiger partial charge on any atom is 0.0642 e. The van der Waals surface area contributed by atoms with E-state index in [0.717, 1.165) is 39.3 Å². The Labute approximate surface area is 155 Å². The van der Waals surface area contributed by atoms with Crippen LogP contribution in [0.5, 0.6) is 0 Å². The van der Waals surface area contributed by atoms with Gasteiger partial charge in [0, 0.05) is 49.7 Å². The Hall–Kier alpha value is -1.56. The number of aryl methyl sites for hydroxylation is 1. The number of hydrogen-bond acceptors (Lipinski definition) is 4. The van der Waals surface area contributed by atoms with Crippen molar-refractivity contribution in [2.24, 2.45) is 7.05 Å². The summed E-state index contributed by atoms with van der Waals surface area (Å²) in [6.07, 6.45) is 5.62. The molecule has 2 aromatic rings. The zero-order valence-electron chi connectivity index (χ0n) is 14.8. The molecule has 2 aliphatic rings. The first-order valence-corrected chi connectivity index (χ1v) is 8.97. The Morgan fingerprint density at radius 3 is 2.72 bits per heavy atom. The lowest BCUT2D eigenvalue weighted by Crippen LogP contribution is -2.36. The molecule has 136 valence electrons. The van der Waals surface area contributed by atoms with Crippen LogP contribution in [0, 0.1) is 0 Å². The van der Waals surface area contributed by atoms with E-state index in [2.05, 4.69) is 39.6 Å². The SMILES string of the molecule is Cl.Cn1ncc2c1CCCC2NCc1ccc(N2CCOCC2)cc1. The molecule has 1 aromatic carbocycles. The number of rotatable bonds is 4. The van der Waals surface area contributed by atoms with E-state index in [1.165, 1.54) is 35.3 Å². The molecule has 1 aliphatic heterocycles. The van der Waals surface area contributed by atoms with Crippen molar-refractivity contribution in [2.75, 3.05) is 31.2 Å². The van der Waals surface area contributed by atoms with Gasteiger partial charge < -0.3 is 15.0 Å². The third kappa shape index (κ3) is 4.00. The number of aromatic nitrogens is 2. The molecular weight excluding hydrogens is 336 g/mol. The van der Waals surface area contributed by atoms with Gasteiger partial charge in [0.1, 0.15) is 0 Å². The molecule has 0 amide bonds. The summed E-state index contributed by atoms with van der Waals surface area (Å²) in [5.41, 5.74) is 5.41. The van der Waals surface area contributed by atoms with Gasteiger partial charge in [0.2, 0.25) is 0 Å². The third-order valence-electron chi connectivity index (χ3n) is 5.24. The second-order valence-corrected chi connectivity index (χ2v) is 6.76. The minimum absolute atomic E-state index is 0. The van der Waals surface area contributed by atoms with E-state index in [0.29, 0.717) is 6.04 Å². The fraction of sp³-hybridized carbons (Fsp3) is 0.526. The molecule has 0 radical (unpaired) electrons. The summed E-state index contributed by atoms with van der Waals surface area (Å²) in [6.45, 7) is 4.55. The van der Waals surface area contributed by atoms with Crippen molar-refractivity contribution in [3.8, 4) is 0 Å². The first-order valence-electron chi connectivity index (χ1n) is 8.97. The van der Waals surface area contributed by atoms with E-state index in [1.54, 1.807) is 0 Å². The molecule has 1 aliphatic carbocycles. The highest BCUT2D eigenvalue weighted by molar-refractivity contribution is 5.85. The van der Waals surface area contributed by atoms with Gasteiger partial charge in [-0.1, -0.05) is 12.1 Å². The fourth-order valence-corrected chi connectivity index (χ4v) is 3.81. The van der Waals surface area contributed by atoms with Crippen molar-refractivity contribution >= 4 is 18.1 Å². The van der Waals surface area contributed by atoms with Gasteiger partial charge in [-0.05, 0) is 37.0 Å². The van der Waals surface area contributed by atoms with Gasteiger partial charge in [-0.25, -0.2) is 0 Å². The average molecular weight is 363 g/mol. The van der Waals surface area contributed by atoms with Crippen LogP contribution >= 0.6 is 12.4 Å². The number of benzene rings is 1. The van der Waals surface area contributed by atoms with Crippen LogP contribution in [0.2, 0.25) is 0 Å². The van der Waals surface area contributed by atoms with Crippen LogP contribution in [0.4, 0.5) is 5.69 Å².